The highest BCUT2D eigenvalue weighted by molar-refractivity contribution is 9.10. The smallest absolute Gasteiger partial charge is 0.230 e. The second-order valence-electron chi connectivity index (χ2n) is 5.36. The van der Waals surface area contributed by atoms with E-state index in [2.05, 4.69) is 33.5 Å². The molecule has 19 heavy (non-hydrogen) atoms. The van der Waals surface area contributed by atoms with Crippen molar-refractivity contribution in [2.24, 2.45) is 5.41 Å². The predicted molar refractivity (Wildman–Crippen MR) is 82.3 cm³/mol. The van der Waals surface area contributed by atoms with Crippen molar-refractivity contribution in [2.45, 2.75) is 33.1 Å². The molecule has 104 valence electrons. The molecule has 0 radical (unpaired) electrons. The molecule has 2 rings (SSSR count). The van der Waals surface area contributed by atoms with Crippen molar-refractivity contribution < 1.29 is 4.79 Å². The second kappa shape index (κ2) is 6.06. The summed E-state index contributed by atoms with van der Waals surface area (Å²) in [5.41, 5.74) is 1.81. The zero-order chi connectivity index (χ0) is 13.9. The van der Waals surface area contributed by atoms with Crippen molar-refractivity contribution >= 4 is 27.5 Å². The predicted octanol–water partition coefficient (Wildman–Crippen LogP) is 3.48. The van der Waals surface area contributed by atoms with Crippen LogP contribution in [0, 0.1) is 12.3 Å². The van der Waals surface area contributed by atoms with Crippen LogP contribution in [0.4, 0.5) is 5.69 Å². The molecule has 0 saturated carbocycles. The number of benzene rings is 1. The van der Waals surface area contributed by atoms with E-state index in [1.54, 1.807) is 0 Å². The quantitative estimate of drug-likeness (QED) is 0.893. The Bertz CT molecular complexity index is 447. The number of anilines is 1. The number of carbonyl (C=O) groups is 1. The molecule has 0 aromatic heterocycles. The fraction of sp³-hybridized carbons (Fsp3) is 0.533. The van der Waals surface area contributed by atoms with Gasteiger partial charge in [0.05, 0.1) is 5.41 Å². The third kappa shape index (κ3) is 3.37. The molecule has 1 saturated heterocycles. The molecule has 1 aliphatic heterocycles. The van der Waals surface area contributed by atoms with Gasteiger partial charge in [-0.1, -0.05) is 22.9 Å². The van der Waals surface area contributed by atoms with Crippen LogP contribution in [-0.4, -0.2) is 19.0 Å². The van der Waals surface area contributed by atoms with Crippen LogP contribution in [0.15, 0.2) is 22.7 Å². The van der Waals surface area contributed by atoms with Gasteiger partial charge in [0.1, 0.15) is 0 Å². The summed E-state index contributed by atoms with van der Waals surface area (Å²) < 4.78 is 0.999. The fourth-order valence-corrected chi connectivity index (χ4v) is 3.33. The Morgan fingerprint density at radius 3 is 2.63 bits per heavy atom. The Kier molecular flexibility index (Phi) is 4.63. The minimum Gasteiger partial charge on any atom is -0.326 e. The van der Waals surface area contributed by atoms with E-state index in [9.17, 15) is 4.79 Å². The average Bonchev–Trinajstić information content (AvgIpc) is 2.38. The van der Waals surface area contributed by atoms with E-state index in [1.165, 1.54) is 0 Å². The molecule has 3 nitrogen and oxygen atoms in total. The first-order valence-corrected chi connectivity index (χ1v) is 7.64. The van der Waals surface area contributed by atoms with E-state index in [4.69, 9.17) is 0 Å². The van der Waals surface area contributed by atoms with Crippen LogP contribution in [0.25, 0.3) is 0 Å². The topological polar surface area (TPSA) is 41.1 Å². The maximum Gasteiger partial charge on any atom is 0.230 e. The number of piperidine rings is 1. The highest BCUT2D eigenvalue weighted by Crippen LogP contribution is 2.34. The van der Waals surface area contributed by atoms with E-state index in [1.807, 2.05) is 25.1 Å². The normalized spacial score (nSPS) is 18.1. The lowest BCUT2D eigenvalue weighted by Crippen LogP contribution is -2.44. The SMILES string of the molecule is CCC1(C(=O)Nc2cc(C)cc(Br)c2)CCNCC1. The first-order valence-electron chi connectivity index (χ1n) is 6.85. The number of nitrogens with one attached hydrogen (secondary N) is 2. The van der Waals surface area contributed by atoms with Crippen LogP contribution in [0.5, 0.6) is 0 Å². The van der Waals surface area contributed by atoms with Crippen LogP contribution in [0.1, 0.15) is 31.7 Å². The van der Waals surface area contributed by atoms with Crippen LogP contribution in [0.3, 0.4) is 0 Å². The van der Waals surface area contributed by atoms with Crippen LogP contribution < -0.4 is 10.6 Å². The maximum atomic E-state index is 12.6. The third-order valence-electron chi connectivity index (χ3n) is 4.02. The first-order chi connectivity index (χ1) is 9.05. The van der Waals surface area contributed by atoms with E-state index in [0.717, 1.165) is 48.1 Å². The minimum atomic E-state index is -0.207. The molecule has 1 aliphatic rings. The number of rotatable bonds is 3. The van der Waals surface area contributed by atoms with Gasteiger partial charge in [-0.15, -0.1) is 0 Å². The molecule has 0 spiro atoms. The summed E-state index contributed by atoms with van der Waals surface area (Å²) in [4.78, 5) is 12.6. The molecular weight excluding hydrogens is 304 g/mol. The summed E-state index contributed by atoms with van der Waals surface area (Å²) in [6.07, 6.45) is 2.73. The van der Waals surface area contributed by atoms with Crippen molar-refractivity contribution in [1.82, 2.24) is 5.32 Å². The number of carbonyl (C=O) groups excluding carboxylic acids is 1. The van der Waals surface area contributed by atoms with E-state index in [0.29, 0.717) is 0 Å². The van der Waals surface area contributed by atoms with Gasteiger partial charge >= 0.3 is 0 Å². The molecule has 2 N–H and O–H groups in total. The van der Waals surface area contributed by atoms with Crippen LogP contribution in [-0.2, 0) is 4.79 Å². The Morgan fingerprint density at radius 1 is 1.37 bits per heavy atom. The van der Waals surface area contributed by atoms with Gasteiger partial charge in [0.25, 0.3) is 0 Å². The molecule has 1 fully saturated rings. The zero-order valence-electron chi connectivity index (χ0n) is 11.6. The van der Waals surface area contributed by atoms with Crippen LogP contribution in [0.2, 0.25) is 0 Å². The Labute approximate surface area is 123 Å². The van der Waals surface area contributed by atoms with Gasteiger partial charge in [-0.3, -0.25) is 4.79 Å². The lowest BCUT2D eigenvalue weighted by molar-refractivity contribution is -0.127. The van der Waals surface area contributed by atoms with E-state index in [-0.39, 0.29) is 11.3 Å². The van der Waals surface area contributed by atoms with Gasteiger partial charge in [0.2, 0.25) is 5.91 Å². The molecule has 0 unspecified atom stereocenters. The van der Waals surface area contributed by atoms with Gasteiger partial charge < -0.3 is 10.6 Å². The highest BCUT2D eigenvalue weighted by Gasteiger charge is 2.37. The number of aryl methyl sites for hydroxylation is 1. The summed E-state index contributed by atoms with van der Waals surface area (Å²) in [7, 11) is 0. The molecule has 0 atom stereocenters. The van der Waals surface area contributed by atoms with Gasteiger partial charge in [-0.25, -0.2) is 0 Å². The molecule has 1 aromatic carbocycles. The van der Waals surface area contributed by atoms with Gasteiger partial charge in [-0.05, 0) is 63.0 Å². The van der Waals surface area contributed by atoms with Gasteiger partial charge in [0, 0.05) is 10.2 Å². The van der Waals surface area contributed by atoms with Crippen molar-refractivity contribution in [2.75, 3.05) is 18.4 Å². The summed E-state index contributed by atoms with van der Waals surface area (Å²) in [6, 6.07) is 6.00. The molecule has 0 aliphatic carbocycles. The Hall–Kier alpha value is -0.870. The molecule has 1 amide bonds. The van der Waals surface area contributed by atoms with Crippen molar-refractivity contribution in [3.8, 4) is 0 Å². The van der Waals surface area contributed by atoms with E-state index >= 15 is 0 Å². The molecule has 1 heterocycles. The first kappa shape index (κ1) is 14.5. The lowest BCUT2D eigenvalue weighted by atomic mass is 9.76. The molecule has 4 heteroatoms. The second-order valence-corrected chi connectivity index (χ2v) is 6.27. The summed E-state index contributed by atoms with van der Waals surface area (Å²) in [6.45, 7) is 6.00. The summed E-state index contributed by atoms with van der Waals surface area (Å²) >= 11 is 3.47. The lowest BCUT2D eigenvalue weighted by Gasteiger charge is -2.35. The minimum absolute atomic E-state index is 0.161. The van der Waals surface area contributed by atoms with Crippen LogP contribution >= 0.6 is 15.9 Å². The number of halogens is 1. The monoisotopic (exact) mass is 324 g/mol. The van der Waals surface area contributed by atoms with Crippen molar-refractivity contribution in [1.29, 1.82) is 0 Å². The number of hydrogen-bond donors (Lipinski definition) is 2. The maximum absolute atomic E-state index is 12.6. The fourth-order valence-electron chi connectivity index (χ4n) is 2.72. The number of amides is 1. The largest absolute Gasteiger partial charge is 0.326 e. The van der Waals surface area contributed by atoms with Gasteiger partial charge in [0.15, 0.2) is 0 Å². The highest BCUT2D eigenvalue weighted by atomic mass is 79.9. The molecule has 1 aromatic rings. The summed E-state index contributed by atoms with van der Waals surface area (Å²) in [5, 5.41) is 6.41. The summed E-state index contributed by atoms with van der Waals surface area (Å²) in [5.74, 6) is 0.161. The number of hydrogen-bond acceptors (Lipinski definition) is 2. The van der Waals surface area contributed by atoms with Crippen molar-refractivity contribution in [3.63, 3.8) is 0 Å². The zero-order valence-corrected chi connectivity index (χ0v) is 13.1. The van der Waals surface area contributed by atoms with E-state index < -0.39 is 0 Å². The van der Waals surface area contributed by atoms with Crippen molar-refractivity contribution in [3.05, 3.63) is 28.2 Å². The standard InChI is InChI=1S/C15H21BrN2O/c1-3-15(4-6-17-7-5-15)14(19)18-13-9-11(2)8-12(16)10-13/h8-10,17H,3-7H2,1-2H3,(H,18,19). The van der Waals surface area contributed by atoms with Gasteiger partial charge in [-0.2, -0.15) is 0 Å². The third-order valence-corrected chi connectivity index (χ3v) is 4.48. The Morgan fingerprint density at radius 2 is 2.05 bits per heavy atom. The Balaban J connectivity index is 2.14. The average molecular weight is 325 g/mol. The molecular formula is C15H21BrN2O. The molecule has 0 bridgehead atoms.